The molecule has 0 bridgehead atoms. The number of nitrogens with zero attached hydrogens (tertiary/aromatic N) is 3. The normalized spacial score (nSPS) is 16.3. The topological polar surface area (TPSA) is 55.0 Å². The van der Waals surface area contributed by atoms with Gasteiger partial charge in [0.2, 0.25) is 5.95 Å². The molecule has 4 nitrogen and oxygen atoms in total. The molecule has 0 atom stereocenters. The molecule has 0 aliphatic heterocycles. The molecule has 2 rings (SSSR count). The summed E-state index contributed by atoms with van der Waals surface area (Å²) in [5, 5.41) is 0. The SMILES string of the molecule is Cc1cc(CN)nc(N(CC(C)C)C2CCCC2)n1. The molecule has 1 saturated carbocycles. The Kier molecular flexibility index (Phi) is 4.75. The molecular weight excluding hydrogens is 236 g/mol. The largest absolute Gasteiger partial charge is 0.338 e. The summed E-state index contributed by atoms with van der Waals surface area (Å²) in [4.78, 5) is 11.7. The monoisotopic (exact) mass is 262 g/mol. The Hall–Kier alpha value is -1.16. The highest BCUT2D eigenvalue weighted by Crippen LogP contribution is 2.27. The summed E-state index contributed by atoms with van der Waals surface area (Å²) in [5.41, 5.74) is 7.68. The summed E-state index contributed by atoms with van der Waals surface area (Å²) in [5.74, 6) is 1.49. The van der Waals surface area contributed by atoms with Crippen molar-refractivity contribution < 1.29 is 0 Å². The summed E-state index contributed by atoms with van der Waals surface area (Å²) < 4.78 is 0. The van der Waals surface area contributed by atoms with Gasteiger partial charge in [-0.25, -0.2) is 9.97 Å². The third-order valence-electron chi connectivity index (χ3n) is 3.69. The third-order valence-corrected chi connectivity index (χ3v) is 3.69. The number of nitrogens with two attached hydrogens (primary N) is 1. The van der Waals surface area contributed by atoms with Crippen molar-refractivity contribution in [3.63, 3.8) is 0 Å². The second-order valence-corrected chi connectivity index (χ2v) is 5.99. The van der Waals surface area contributed by atoms with Crippen LogP contribution in [0.2, 0.25) is 0 Å². The molecule has 0 unspecified atom stereocenters. The van der Waals surface area contributed by atoms with Crippen LogP contribution in [0.1, 0.15) is 50.9 Å². The molecule has 0 spiro atoms. The van der Waals surface area contributed by atoms with Crippen LogP contribution in [-0.4, -0.2) is 22.6 Å². The van der Waals surface area contributed by atoms with Crippen LogP contribution in [-0.2, 0) is 6.54 Å². The Balaban J connectivity index is 2.28. The van der Waals surface area contributed by atoms with Crippen molar-refractivity contribution in [2.45, 2.75) is 59.0 Å². The zero-order valence-electron chi connectivity index (χ0n) is 12.4. The zero-order valence-corrected chi connectivity index (χ0v) is 12.4. The third kappa shape index (κ3) is 3.66. The van der Waals surface area contributed by atoms with E-state index in [1.165, 1.54) is 25.7 Å². The van der Waals surface area contributed by atoms with E-state index in [4.69, 9.17) is 5.73 Å². The van der Waals surface area contributed by atoms with Crippen LogP contribution >= 0.6 is 0 Å². The number of hydrogen-bond donors (Lipinski definition) is 1. The van der Waals surface area contributed by atoms with Crippen molar-refractivity contribution in [3.8, 4) is 0 Å². The van der Waals surface area contributed by atoms with Gasteiger partial charge in [0.1, 0.15) is 0 Å². The molecule has 1 aromatic heterocycles. The van der Waals surface area contributed by atoms with Gasteiger partial charge in [0.25, 0.3) is 0 Å². The van der Waals surface area contributed by atoms with Crippen LogP contribution in [0.4, 0.5) is 5.95 Å². The van der Waals surface area contributed by atoms with Crippen molar-refractivity contribution in [1.29, 1.82) is 0 Å². The van der Waals surface area contributed by atoms with Gasteiger partial charge in [-0.2, -0.15) is 0 Å². The molecule has 4 heteroatoms. The molecule has 1 aliphatic carbocycles. The first-order chi connectivity index (χ1) is 9.10. The van der Waals surface area contributed by atoms with E-state index in [-0.39, 0.29) is 0 Å². The van der Waals surface area contributed by atoms with Crippen LogP contribution in [0.5, 0.6) is 0 Å². The minimum atomic E-state index is 0.483. The van der Waals surface area contributed by atoms with E-state index in [1.54, 1.807) is 0 Å². The van der Waals surface area contributed by atoms with Crippen LogP contribution in [0, 0.1) is 12.8 Å². The minimum Gasteiger partial charge on any atom is -0.338 e. The van der Waals surface area contributed by atoms with Gasteiger partial charge < -0.3 is 10.6 Å². The maximum Gasteiger partial charge on any atom is 0.226 e. The fraction of sp³-hybridized carbons (Fsp3) is 0.733. The smallest absolute Gasteiger partial charge is 0.226 e. The van der Waals surface area contributed by atoms with E-state index in [9.17, 15) is 0 Å². The highest BCUT2D eigenvalue weighted by Gasteiger charge is 2.25. The molecule has 1 heterocycles. The molecule has 2 N–H and O–H groups in total. The Labute approximate surface area is 116 Å². The first-order valence-corrected chi connectivity index (χ1v) is 7.41. The molecule has 0 amide bonds. The summed E-state index contributed by atoms with van der Waals surface area (Å²) in [6, 6.07) is 2.58. The van der Waals surface area contributed by atoms with E-state index in [0.717, 1.165) is 23.9 Å². The van der Waals surface area contributed by atoms with E-state index >= 15 is 0 Å². The van der Waals surface area contributed by atoms with Gasteiger partial charge in [0.05, 0.1) is 5.69 Å². The van der Waals surface area contributed by atoms with E-state index < -0.39 is 0 Å². The predicted octanol–water partition coefficient (Wildman–Crippen LogP) is 2.65. The van der Waals surface area contributed by atoms with Crippen LogP contribution in [0.15, 0.2) is 6.07 Å². The lowest BCUT2D eigenvalue weighted by Crippen LogP contribution is -2.38. The van der Waals surface area contributed by atoms with E-state index in [0.29, 0.717) is 18.5 Å². The van der Waals surface area contributed by atoms with Gasteiger partial charge in [-0.1, -0.05) is 26.7 Å². The van der Waals surface area contributed by atoms with Crippen molar-refractivity contribution in [3.05, 3.63) is 17.5 Å². The second kappa shape index (κ2) is 6.33. The van der Waals surface area contributed by atoms with Crippen LogP contribution in [0.3, 0.4) is 0 Å². The quantitative estimate of drug-likeness (QED) is 0.886. The molecule has 106 valence electrons. The van der Waals surface area contributed by atoms with E-state index in [2.05, 4.69) is 28.7 Å². The first-order valence-electron chi connectivity index (χ1n) is 7.41. The fourth-order valence-electron chi connectivity index (χ4n) is 2.85. The number of aryl methyl sites for hydroxylation is 1. The molecule has 1 fully saturated rings. The molecule has 1 aromatic rings. The van der Waals surface area contributed by atoms with Gasteiger partial charge >= 0.3 is 0 Å². The molecule has 1 aliphatic rings. The van der Waals surface area contributed by atoms with Gasteiger partial charge in [0, 0.05) is 24.8 Å². The highest BCUT2D eigenvalue weighted by molar-refractivity contribution is 5.34. The number of hydrogen-bond acceptors (Lipinski definition) is 4. The molecule has 19 heavy (non-hydrogen) atoms. The fourth-order valence-corrected chi connectivity index (χ4v) is 2.85. The minimum absolute atomic E-state index is 0.483. The Morgan fingerprint density at radius 3 is 2.58 bits per heavy atom. The van der Waals surface area contributed by atoms with Gasteiger partial charge in [-0.15, -0.1) is 0 Å². The highest BCUT2D eigenvalue weighted by atomic mass is 15.3. The molecular formula is C15H26N4. The number of aromatic nitrogens is 2. The van der Waals surface area contributed by atoms with Crippen molar-refractivity contribution in [2.75, 3.05) is 11.4 Å². The van der Waals surface area contributed by atoms with Gasteiger partial charge in [0.15, 0.2) is 0 Å². The summed E-state index contributed by atoms with van der Waals surface area (Å²) in [7, 11) is 0. The Morgan fingerprint density at radius 2 is 2.00 bits per heavy atom. The molecule has 0 aromatic carbocycles. The summed E-state index contributed by atoms with van der Waals surface area (Å²) >= 11 is 0. The Morgan fingerprint density at radius 1 is 1.32 bits per heavy atom. The average Bonchev–Trinajstić information content (AvgIpc) is 2.88. The van der Waals surface area contributed by atoms with E-state index in [1.807, 2.05) is 13.0 Å². The van der Waals surface area contributed by atoms with Crippen molar-refractivity contribution in [1.82, 2.24) is 9.97 Å². The predicted molar refractivity (Wildman–Crippen MR) is 79.1 cm³/mol. The zero-order chi connectivity index (χ0) is 13.8. The Bertz CT molecular complexity index is 411. The maximum atomic E-state index is 5.73. The lowest BCUT2D eigenvalue weighted by molar-refractivity contribution is 0.524. The number of anilines is 1. The average molecular weight is 262 g/mol. The maximum absolute atomic E-state index is 5.73. The van der Waals surface area contributed by atoms with Crippen molar-refractivity contribution >= 4 is 5.95 Å². The molecule has 0 radical (unpaired) electrons. The lowest BCUT2D eigenvalue weighted by atomic mass is 10.1. The second-order valence-electron chi connectivity index (χ2n) is 5.99. The summed E-state index contributed by atoms with van der Waals surface area (Å²) in [6.07, 6.45) is 5.19. The first kappa shape index (κ1) is 14.3. The summed E-state index contributed by atoms with van der Waals surface area (Å²) in [6.45, 7) is 8.03. The standard InChI is InChI=1S/C15H26N4/c1-11(2)10-19(14-6-4-5-7-14)15-17-12(3)8-13(9-16)18-15/h8,11,14H,4-7,9-10,16H2,1-3H3. The van der Waals surface area contributed by atoms with Gasteiger partial charge in [-0.3, -0.25) is 0 Å². The lowest BCUT2D eigenvalue weighted by Gasteiger charge is -2.31. The van der Waals surface area contributed by atoms with Crippen molar-refractivity contribution in [2.24, 2.45) is 11.7 Å². The van der Waals surface area contributed by atoms with Gasteiger partial charge in [-0.05, 0) is 31.7 Å². The van der Waals surface area contributed by atoms with Crippen LogP contribution in [0.25, 0.3) is 0 Å². The van der Waals surface area contributed by atoms with Crippen LogP contribution < -0.4 is 10.6 Å². The molecule has 0 saturated heterocycles. The number of rotatable bonds is 5.